The van der Waals surface area contributed by atoms with Crippen LogP contribution in [0.2, 0.25) is 0 Å². The number of fused-ring (bicyclic) bond motifs is 6. The molecule has 5 rings (SSSR count). The number of hydrogen-bond donors (Lipinski definition) is 2. The van der Waals surface area contributed by atoms with E-state index in [2.05, 4.69) is 24.5 Å². The zero-order chi connectivity index (χ0) is 22.6. The van der Waals surface area contributed by atoms with Crippen LogP contribution in [0.5, 0.6) is 0 Å². The first kappa shape index (κ1) is 24.5. The standard InChI is InChI=1S/C29H52N2O2/c1-3-32-26-14-15-27(33-4-2)29-23-13-8-6-11-21(23)19-25(29)31-17-9-16-30-24-18-20-10-5-7-12-22(20)28(24)26/h20-31H,3-19H2,1-2H3/t20-,21-,22+,23+,24+,25?,26?,27?,28-,29-/m1/s1. The summed E-state index contributed by atoms with van der Waals surface area (Å²) in [4.78, 5) is 0. The average molecular weight is 461 g/mol. The van der Waals surface area contributed by atoms with E-state index in [1.807, 2.05) is 0 Å². The van der Waals surface area contributed by atoms with Crippen LogP contribution in [0.15, 0.2) is 0 Å². The molecule has 0 spiro atoms. The molecule has 10 atom stereocenters. The fourth-order valence-electron chi connectivity index (χ4n) is 9.34. The molecular weight excluding hydrogens is 408 g/mol. The maximum Gasteiger partial charge on any atom is 0.0621 e. The number of nitrogens with one attached hydrogen (secondary N) is 2. The molecule has 5 aliphatic rings. The van der Waals surface area contributed by atoms with Crippen LogP contribution in [0, 0.1) is 35.5 Å². The minimum Gasteiger partial charge on any atom is -0.378 e. The highest BCUT2D eigenvalue weighted by molar-refractivity contribution is 5.02. The Morgan fingerprint density at radius 3 is 1.48 bits per heavy atom. The summed E-state index contributed by atoms with van der Waals surface area (Å²) in [5, 5.41) is 8.12. The molecule has 0 aromatic carbocycles. The molecule has 2 N–H and O–H groups in total. The first-order valence-corrected chi connectivity index (χ1v) is 15.0. The first-order valence-electron chi connectivity index (χ1n) is 15.0. The van der Waals surface area contributed by atoms with Crippen molar-refractivity contribution in [1.82, 2.24) is 10.6 Å². The van der Waals surface area contributed by atoms with Crippen molar-refractivity contribution in [3.05, 3.63) is 0 Å². The maximum atomic E-state index is 6.61. The van der Waals surface area contributed by atoms with Gasteiger partial charge in [0, 0.05) is 37.1 Å². The van der Waals surface area contributed by atoms with E-state index in [1.165, 1.54) is 83.5 Å². The van der Waals surface area contributed by atoms with Crippen LogP contribution in [0.4, 0.5) is 0 Å². The van der Waals surface area contributed by atoms with E-state index in [-0.39, 0.29) is 0 Å². The Morgan fingerprint density at radius 2 is 1.03 bits per heavy atom. The molecule has 0 amide bonds. The predicted octanol–water partition coefficient (Wildman–Crippen LogP) is 5.55. The van der Waals surface area contributed by atoms with Crippen LogP contribution in [-0.4, -0.2) is 50.6 Å². The Morgan fingerprint density at radius 1 is 0.576 bits per heavy atom. The van der Waals surface area contributed by atoms with Gasteiger partial charge < -0.3 is 20.1 Å². The minimum atomic E-state index is 0.402. The van der Waals surface area contributed by atoms with Gasteiger partial charge in [0.1, 0.15) is 0 Å². The molecule has 4 nitrogen and oxygen atoms in total. The van der Waals surface area contributed by atoms with Gasteiger partial charge in [-0.3, -0.25) is 0 Å². The maximum absolute atomic E-state index is 6.61. The van der Waals surface area contributed by atoms with Crippen molar-refractivity contribution >= 4 is 0 Å². The average Bonchev–Trinajstić information content (AvgIpc) is 3.38. The van der Waals surface area contributed by atoms with Gasteiger partial charge in [-0.2, -0.15) is 0 Å². The molecule has 4 saturated carbocycles. The molecule has 190 valence electrons. The van der Waals surface area contributed by atoms with Crippen molar-refractivity contribution in [3.8, 4) is 0 Å². The van der Waals surface area contributed by atoms with Gasteiger partial charge >= 0.3 is 0 Å². The van der Waals surface area contributed by atoms with Gasteiger partial charge in [0.2, 0.25) is 0 Å². The molecule has 0 bridgehead atoms. The third-order valence-electron chi connectivity index (χ3n) is 10.5. The molecule has 1 saturated heterocycles. The van der Waals surface area contributed by atoms with Crippen LogP contribution >= 0.6 is 0 Å². The van der Waals surface area contributed by atoms with Gasteiger partial charge in [-0.25, -0.2) is 0 Å². The van der Waals surface area contributed by atoms with E-state index in [0.717, 1.165) is 50.0 Å². The molecule has 0 radical (unpaired) electrons. The van der Waals surface area contributed by atoms with Crippen molar-refractivity contribution in [2.45, 2.75) is 122 Å². The van der Waals surface area contributed by atoms with Crippen molar-refractivity contribution in [2.24, 2.45) is 35.5 Å². The summed E-state index contributed by atoms with van der Waals surface area (Å²) in [6.07, 6.45) is 18.7. The van der Waals surface area contributed by atoms with E-state index >= 15 is 0 Å². The van der Waals surface area contributed by atoms with E-state index < -0.39 is 0 Å². The molecule has 1 aliphatic heterocycles. The third-order valence-corrected chi connectivity index (χ3v) is 10.5. The summed E-state index contributed by atoms with van der Waals surface area (Å²) in [6.45, 7) is 8.43. The summed E-state index contributed by atoms with van der Waals surface area (Å²) < 4.78 is 13.2. The Kier molecular flexibility index (Phi) is 8.71. The van der Waals surface area contributed by atoms with Gasteiger partial charge in [0.15, 0.2) is 0 Å². The fraction of sp³-hybridized carbons (Fsp3) is 1.00. The van der Waals surface area contributed by atoms with E-state index in [1.54, 1.807) is 0 Å². The summed E-state index contributed by atoms with van der Waals surface area (Å²) in [7, 11) is 0. The van der Waals surface area contributed by atoms with Crippen LogP contribution in [-0.2, 0) is 9.47 Å². The molecule has 4 aliphatic carbocycles. The van der Waals surface area contributed by atoms with E-state index in [0.29, 0.717) is 36.1 Å². The van der Waals surface area contributed by atoms with Crippen molar-refractivity contribution in [2.75, 3.05) is 26.3 Å². The Labute approximate surface area is 203 Å². The lowest BCUT2D eigenvalue weighted by Crippen LogP contribution is -2.43. The Hall–Kier alpha value is -0.160. The molecular formula is C29H52N2O2. The molecule has 1 heterocycles. The highest BCUT2D eigenvalue weighted by Crippen LogP contribution is 2.51. The highest BCUT2D eigenvalue weighted by atomic mass is 16.5. The fourth-order valence-corrected chi connectivity index (χ4v) is 9.34. The molecule has 5 fully saturated rings. The highest BCUT2D eigenvalue weighted by Gasteiger charge is 2.50. The lowest BCUT2D eigenvalue weighted by molar-refractivity contribution is -0.0477. The Bertz CT molecular complexity index is 550. The number of ether oxygens (including phenoxy) is 2. The van der Waals surface area contributed by atoms with Crippen molar-refractivity contribution < 1.29 is 9.47 Å². The second-order valence-electron chi connectivity index (χ2n) is 12.1. The first-order chi connectivity index (χ1) is 16.3. The zero-order valence-corrected chi connectivity index (χ0v) is 21.6. The molecule has 33 heavy (non-hydrogen) atoms. The smallest absolute Gasteiger partial charge is 0.0621 e. The SMILES string of the molecule is CCOC1CCC(OCC)[C@@H]2[C@H]3CCCC[C@@H]3C[C@@H]2NCCCNC2C[C@H]3CCCC[C@@H]3[C@H]21. The lowest BCUT2D eigenvalue weighted by atomic mass is 9.73. The zero-order valence-electron chi connectivity index (χ0n) is 21.6. The van der Waals surface area contributed by atoms with Crippen LogP contribution < -0.4 is 10.6 Å². The van der Waals surface area contributed by atoms with Crippen LogP contribution in [0.1, 0.15) is 97.3 Å². The van der Waals surface area contributed by atoms with Gasteiger partial charge in [0.05, 0.1) is 12.2 Å². The summed E-state index contributed by atoms with van der Waals surface area (Å²) >= 11 is 0. The van der Waals surface area contributed by atoms with Gasteiger partial charge in [-0.1, -0.05) is 38.5 Å². The summed E-state index contributed by atoms with van der Waals surface area (Å²) in [5.74, 6) is 5.02. The van der Waals surface area contributed by atoms with Gasteiger partial charge in [-0.15, -0.1) is 0 Å². The second kappa shape index (κ2) is 11.7. The number of rotatable bonds is 4. The summed E-state index contributed by atoms with van der Waals surface area (Å²) in [5.41, 5.74) is 0. The quantitative estimate of drug-likeness (QED) is 0.577. The van der Waals surface area contributed by atoms with E-state index in [9.17, 15) is 0 Å². The van der Waals surface area contributed by atoms with Crippen molar-refractivity contribution in [3.63, 3.8) is 0 Å². The lowest BCUT2D eigenvalue weighted by Gasteiger charge is -2.38. The van der Waals surface area contributed by atoms with E-state index in [4.69, 9.17) is 9.47 Å². The summed E-state index contributed by atoms with van der Waals surface area (Å²) in [6, 6.07) is 1.31. The predicted molar refractivity (Wildman–Crippen MR) is 135 cm³/mol. The second-order valence-corrected chi connectivity index (χ2v) is 12.1. The third kappa shape index (κ3) is 5.34. The Balaban J connectivity index is 1.38. The molecule has 0 aromatic rings. The molecule has 0 aromatic heterocycles. The molecule has 3 unspecified atom stereocenters. The largest absolute Gasteiger partial charge is 0.378 e. The van der Waals surface area contributed by atoms with Crippen LogP contribution in [0.3, 0.4) is 0 Å². The topological polar surface area (TPSA) is 42.5 Å². The van der Waals surface area contributed by atoms with Gasteiger partial charge in [0.25, 0.3) is 0 Å². The monoisotopic (exact) mass is 460 g/mol. The van der Waals surface area contributed by atoms with Crippen molar-refractivity contribution in [1.29, 1.82) is 0 Å². The molecule has 4 heteroatoms. The number of hydrogen-bond acceptors (Lipinski definition) is 4. The van der Waals surface area contributed by atoms with Crippen LogP contribution in [0.25, 0.3) is 0 Å². The minimum absolute atomic E-state index is 0.402. The normalized spacial score (nSPS) is 46.7. The van der Waals surface area contributed by atoms with Gasteiger partial charge in [-0.05, 0) is 95.6 Å².